The second-order valence-corrected chi connectivity index (χ2v) is 9.56. The van der Waals surface area contributed by atoms with Gasteiger partial charge in [0.1, 0.15) is 4.70 Å². The van der Waals surface area contributed by atoms with Gasteiger partial charge in [-0.2, -0.15) is 0 Å². The number of hydrogen-bond donors (Lipinski definition) is 0. The Bertz CT molecular complexity index is 1220. The van der Waals surface area contributed by atoms with E-state index in [2.05, 4.69) is 36.8 Å². The quantitative estimate of drug-likeness (QED) is 0.180. The average molecular weight is 536 g/mol. The highest BCUT2D eigenvalue weighted by molar-refractivity contribution is 9.10. The molecule has 8 heteroatoms. The second kappa shape index (κ2) is 8.32. The Morgan fingerprint density at radius 3 is 2.32 bits per heavy atom. The number of carbonyl (C=O) groups excluding carboxylic acids is 1. The van der Waals surface area contributed by atoms with E-state index in [0.717, 1.165) is 14.6 Å². The summed E-state index contributed by atoms with van der Waals surface area (Å²) >= 11 is 9.43. The monoisotopic (exact) mass is 534 g/mol. The molecule has 0 amide bonds. The maximum absolute atomic E-state index is 13.1. The molecule has 0 aliphatic rings. The number of thioether (sulfide) groups is 1. The maximum Gasteiger partial charge on any atom is 0.276 e. The van der Waals surface area contributed by atoms with Crippen molar-refractivity contribution in [1.29, 1.82) is 0 Å². The molecule has 0 atom stereocenters. The lowest BCUT2D eigenvalue weighted by atomic mass is 10.2. The highest BCUT2D eigenvalue weighted by Gasteiger charge is 2.16. The first-order valence-corrected chi connectivity index (χ1v) is 11.7. The maximum atomic E-state index is 13.1. The molecule has 0 saturated carbocycles. The first-order chi connectivity index (χ1) is 13.5. The van der Waals surface area contributed by atoms with E-state index >= 15 is 0 Å². The van der Waals surface area contributed by atoms with Crippen LogP contribution < -0.4 is 5.56 Å². The summed E-state index contributed by atoms with van der Waals surface area (Å²) in [5, 5.41) is 2.36. The van der Waals surface area contributed by atoms with Crippen molar-refractivity contribution in [3.05, 3.63) is 84.8 Å². The minimum Gasteiger partial charge on any atom is -0.293 e. The Labute approximate surface area is 185 Å². The molecule has 0 aliphatic heterocycles. The number of fused-ring (bicyclic) bond motifs is 1. The Balaban J connectivity index is 1.72. The number of thiophene rings is 1. The molecule has 0 radical (unpaired) electrons. The van der Waals surface area contributed by atoms with E-state index in [1.807, 2.05) is 47.8 Å². The van der Waals surface area contributed by atoms with Crippen LogP contribution in [0, 0.1) is 0 Å². The number of benzene rings is 2. The summed E-state index contributed by atoms with van der Waals surface area (Å²) in [5.74, 6) is 0.180. The lowest BCUT2D eigenvalue weighted by Gasteiger charge is -2.12. The molecule has 4 aromatic rings. The Morgan fingerprint density at radius 2 is 1.64 bits per heavy atom. The van der Waals surface area contributed by atoms with Gasteiger partial charge in [0.25, 0.3) is 5.56 Å². The van der Waals surface area contributed by atoms with Crippen LogP contribution in [0.15, 0.2) is 78.9 Å². The van der Waals surface area contributed by atoms with Crippen LogP contribution in [-0.4, -0.2) is 21.1 Å². The molecule has 0 spiro atoms. The number of rotatable bonds is 5. The van der Waals surface area contributed by atoms with E-state index in [-0.39, 0.29) is 17.1 Å². The van der Waals surface area contributed by atoms with Gasteiger partial charge in [-0.05, 0) is 47.8 Å². The van der Waals surface area contributed by atoms with Gasteiger partial charge in [0, 0.05) is 14.5 Å². The van der Waals surface area contributed by atoms with Gasteiger partial charge in [-0.1, -0.05) is 55.8 Å². The fourth-order valence-electron chi connectivity index (χ4n) is 2.66. The highest BCUT2D eigenvalue weighted by atomic mass is 79.9. The first-order valence-electron chi connectivity index (χ1n) is 8.21. The molecule has 4 nitrogen and oxygen atoms in total. The number of hydrogen-bond acceptors (Lipinski definition) is 5. The van der Waals surface area contributed by atoms with E-state index in [1.54, 1.807) is 16.7 Å². The molecule has 0 bridgehead atoms. The SMILES string of the molecule is O=C(CSc1nc2ccsc2c(=O)n1-c1ccc(Br)cc1)c1ccc(Br)cc1. The van der Waals surface area contributed by atoms with Gasteiger partial charge in [0.05, 0.1) is 17.0 Å². The van der Waals surface area contributed by atoms with Crippen LogP contribution in [0.3, 0.4) is 0 Å². The molecular weight excluding hydrogens is 524 g/mol. The molecule has 4 rings (SSSR count). The summed E-state index contributed by atoms with van der Waals surface area (Å²) in [4.78, 5) is 30.3. The Hall–Kier alpha value is -1.74. The van der Waals surface area contributed by atoms with Crippen molar-refractivity contribution >= 4 is 71.0 Å². The van der Waals surface area contributed by atoms with E-state index in [0.29, 0.717) is 20.9 Å². The lowest BCUT2D eigenvalue weighted by Crippen LogP contribution is -2.21. The minimum absolute atomic E-state index is 0.0143. The van der Waals surface area contributed by atoms with Crippen molar-refractivity contribution in [3.8, 4) is 5.69 Å². The number of ketones is 1. The number of carbonyl (C=O) groups is 1. The van der Waals surface area contributed by atoms with Crippen LogP contribution in [-0.2, 0) is 0 Å². The highest BCUT2D eigenvalue weighted by Crippen LogP contribution is 2.25. The van der Waals surface area contributed by atoms with E-state index in [4.69, 9.17) is 0 Å². The number of halogens is 2. The number of Topliss-reactive ketones (excluding diaryl/α,β-unsaturated/α-hetero) is 1. The van der Waals surface area contributed by atoms with Gasteiger partial charge in [-0.25, -0.2) is 4.98 Å². The fraction of sp³-hybridized carbons (Fsp3) is 0.0500. The van der Waals surface area contributed by atoms with Crippen molar-refractivity contribution in [1.82, 2.24) is 9.55 Å². The zero-order chi connectivity index (χ0) is 19.7. The average Bonchev–Trinajstić information content (AvgIpc) is 3.17. The second-order valence-electron chi connectivity index (χ2n) is 5.87. The predicted molar refractivity (Wildman–Crippen MR) is 122 cm³/mol. The summed E-state index contributed by atoms with van der Waals surface area (Å²) in [7, 11) is 0. The molecule has 0 aliphatic carbocycles. The largest absolute Gasteiger partial charge is 0.293 e. The molecule has 28 heavy (non-hydrogen) atoms. The molecule has 2 aromatic carbocycles. The Morgan fingerprint density at radius 1 is 1.00 bits per heavy atom. The standard InChI is InChI=1S/C20H12Br2N2O2S2/c21-13-3-1-12(2-4-13)17(25)11-28-20-23-16-9-10-27-18(16)19(26)24(20)15-7-5-14(22)6-8-15/h1-10H,11H2. The van der Waals surface area contributed by atoms with Crippen molar-refractivity contribution in [2.24, 2.45) is 0 Å². The van der Waals surface area contributed by atoms with Crippen LogP contribution >= 0.6 is 55.0 Å². The third-order valence-electron chi connectivity index (χ3n) is 4.03. The topological polar surface area (TPSA) is 52.0 Å². The molecule has 2 heterocycles. The first kappa shape index (κ1) is 19.6. The minimum atomic E-state index is -0.124. The zero-order valence-corrected chi connectivity index (χ0v) is 19.1. The van der Waals surface area contributed by atoms with Gasteiger partial charge in [-0.3, -0.25) is 14.2 Å². The Kier molecular flexibility index (Phi) is 5.82. The summed E-state index contributed by atoms with van der Waals surface area (Å²) < 4.78 is 4.02. The molecule has 2 aromatic heterocycles. The van der Waals surface area contributed by atoms with Crippen molar-refractivity contribution in [2.45, 2.75) is 5.16 Å². The smallest absolute Gasteiger partial charge is 0.276 e. The van der Waals surface area contributed by atoms with Crippen LogP contribution in [0.5, 0.6) is 0 Å². The molecule has 140 valence electrons. The predicted octanol–water partition coefficient (Wildman–Crippen LogP) is 5.95. The molecule has 0 saturated heterocycles. The van der Waals surface area contributed by atoms with Crippen molar-refractivity contribution in [2.75, 3.05) is 5.75 Å². The molecule has 0 fully saturated rings. The van der Waals surface area contributed by atoms with Gasteiger partial charge in [-0.15, -0.1) is 11.3 Å². The van der Waals surface area contributed by atoms with Crippen LogP contribution in [0.1, 0.15) is 10.4 Å². The molecular formula is C20H12Br2N2O2S2. The van der Waals surface area contributed by atoms with Crippen LogP contribution in [0.2, 0.25) is 0 Å². The molecule has 0 unspecified atom stereocenters. The van der Waals surface area contributed by atoms with Gasteiger partial charge < -0.3 is 0 Å². The summed E-state index contributed by atoms with van der Waals surface area (Å²) in [6, 6.07) is 16.5. The summed E-state index contributed by atoms with van der Waals surface area (Å²) in [6.45, 7) is 0. The van der Waals surface area contributed by atoms with Gasteiger partial charge in [0.2, 0.25) is 0 Å². The van der Waals surface area contributed by atoms with Crippen molar-refractivity contribution in [3.63, 3.8) is 0 Å². The lowest BCUT2D eigenvalue weighted by molar-refractivity contribution is 0.102. The van der Waals surface area contributed by atoms with E-state index in [1.165, 1.54) is 23.1 Å². The van der Waals surface area contributed by atoms with E-state index < -0.39 is 0 Å². The van der Waals surface area contributed by atoms with Crippen LogP contribution in [0.25, 0.3) is 15.9 Å². The van der Waals surface area contributed by atoms with Gasteiger partial charge >= 0.3 is 0 Å². The third-order valence-corrected chi connectivity index (χ3v) is 6.92. The number of aromatic nitrogens is 2. The number of nitrogens with zero attached hydrogens (tertiary/aromatic N) is 2. The zero-order valence-electron chi connectivity index (χ0n) is 14.3. The molecule has 0 N–H and O–H groups in total. The fourth-order valence-corrected chi connectivity index (χ4v) is 4.85. The normalized spacial score (nSPS) is 11.1. The van der Waals surface area contributed by atoms with E-state index in [9.17, 15) is 9.59 Å². The van der Waals surface area contributed by atoms with Crippen molar-refractivity contribution < 1.29 is 4.79 Å². The summed E-state index contributed by atoms with van der Waals surface area (Å²) in [5.41, 5.74) is 1.88. The van der Waals surface area contributed by atoms with Crippen LogP contribution in [0.4, 0.5) is 0 Å². The third kappa shape index (κ3) is 4.00. The van der Waals surface area contributed by atoms with Gasteiger partial charge in [0.15, 0.2) is 10.9 Å². The summed E-state index contributed by atoms with van der Waals surface area (Å²) in [6.07, 6.45) is 0.